The molecule has 0 amide bonds. The number of hydrogen-bond donors (Lipinski definition) is 2. The van der Waals surface area contributed by atoms with Crippen molar-refractivity contribution in [2.75, 3.05) is 0 Å². The van der Waals surface area contributed by atoms with Crippen LogP contribution in [0.1, 0.15) is 11.4 Å². The molecule has 0 spiro atoms. The van der Waals surface area contributed by atoms with Crippen LogP contribution in [0.4, 0.5) is 4.39 Å². The van der Waals surface area contributed by atoms with Gasteiger partial charge in [-0.3, -0.25) is 9.59 Å². The lowest BCUT2D eigenvalue weighted by Gasteiger charge is -2.05. The molecule has 3 aromatic rings. The predicted molar refractivity (Wildman–Crippen MR) is 77.1 cm³/mol. The van der Waals surface area contributed by atoms with Gasteiger partial charge in [-0.05, 0) is 13.0 Å². The van der Waals surface area contributed by atoms with Crippen molar-refractivity contribution in [3.8, 4) is 0 Å². The number of halogens is 1. The summed E-state index contributed by atoms with van der Waals surface area (Å²) in [4.78, 5) is 31.6. The molecule has 0 radical (unpaired) electrons. The highest BCUT2D eigenvalue weighted by molar-refractivity contribution is 7.98. The topological polar surface area (TPSA) is 83.0 Å². The van der Waals surface area contributed by atoms with E-state index in [-0.39, 0.29) is 5.82 Å². The number of pyridine rings is 1. The molecule has 0 aliphatic rings. The number of nitrogens with zero attached hydrogens (tertiary/aromatic N) is 2. The second kappa shape index (κ2) is 5.21. The average Bonchev–Trinajstić information content (AvgIpc) is 2.81. The van der Waals surface area contributed by atoms with Crippen molar-refractivity contribution in [3.05, 3.63) is 62.6 Å². The van der Waals surface area contributed by atoms with E-state index in [1.807, 2.05) is 6.92 Å². The largest absolute Gasteiger partial charge is 0.323 e. The van der Waals surface area contributed by atoms with E-state index < -0.39 is 11.1 Å². The number of thioether (sulfide) groups is 1. The molecule has 0 unspecified atom stereocenters. The second-order valence-electron chi connectivity index (χ2n) is 4.50. The van der Waals surface area contributed by atoms with Crippen LogP contribution < -0.4 is 11.1 Å². The molecule has 0 fully saturated rings. The zero-order valence-electron chi connectivity index (χ0n) is 11.0. The van der Waals surface area contributed by atoms with Gasteiger partial charge in [-0.25, -0.2) is 9.37 Å². The van der Waals surface area contributed by atoms with E-state index in [9.17, 15) is 14.0 Å². The van der Waals surface area contributed by atoms with Crippen LogP contribution >= 0.6 is 11.8 Å². The summed E-state index contributed by atoms with van der Waals surface area (Å²) in [7, 11) is 0. The minimum absolute atomic E-state index is 0.332. The Kier molecular flexibility index (Phi) is 3.38. The molecule has 0 atom stereocenters. The number of hydrogen-bond acceptors (Lipinski definition) is 4. The van der Waals surface area contributed by atoms with Crippen LogP contribution in [0.3, 0.4) is 0 Å². The van der Waals surface area contributed by atoms with Crippen molar-refractivity contribution in [1.29, 1.82) is 0 Å². The molecule has 2 N–H and O–H groups in total. The number of aryl methyl sites for hydroxylation is 1. The van der Waals surface area contributed by atoms with Crippen molar-refractivity contribution < 1.29 is 4.39 Å². The Labute approximate surface area is 122 Å². The van der Waals surface area contributed by atoms with Crippen LogP contribution in [-0.4, -0.2) is 19.4 Å². The van der Waals surface area contributed by atoms with Crippen LogP contribution in [0.25, 0.3) is 5.65 Å². The first-order valence-corrected chi connectivity index (χ1v) is 7.10. The number of aromatic nitrogens is 4. The smallest absolute Gasteiger partial charge is 0.313 e. The van der Waals surface area contributed by atoms with Gasteiger partial charge in [0.15, 0.2) is 5.82 Å². The monoisotopic (exact) mass is 306 g/mol. The lowest BCUT2D eigenvalue weighted by atomic mass is 10.4. The number of fused-ring (bicyclic) bond motifs is 1. The fraction of sp³-hybridized carbons (Fsp3) is 0.154. The summed E-state index contributed by atoms with van der Waals surface area (Å²) in [6.45, 7) is 1.84. The quantitative estimate of drug-likeness (QED) is 0.567. The molecule has 108 valence electrons. The highest BCUT2D eigenvalue weighted by Crippen LogP contribution is 2.26. The third kappa shape index (κ3) is 2.62. The summed E-state index contributed by atoms with van der Waals surface area (Å²) in [5.74, 6) is -0.0286. The maximum Gasteiger partial charge on any atom is 0.313 e. The predicted octanol–water partition coefficient (Wildman–Crippen LogP) is 1.45. The van der Waals surface area contributed by atoms with Crippen molar-refractivity contribution in [2.24, 2.45) is 0 Å². The third-order valence-corrected chi connectivity index (χ3v) is 4.07. The molecular formula is C13H11FN4O2S. The molecule has 21 heavy (non-hydrogen) atoms. The third-order valence-electron chi connectivity index (χ3n) is 2.99. The van der Waals surface area contributed by atoms with Gasteiger partial charge in [0.1, 0.15) is 5.65 Å². The van der Waals surface area contributed by atoms with Crippen molar-refractivity contribution in [2.45, 2.75) is 17.6 Å². The van der Waals surface area contributed by atoms with Crippen LogP contribution in [0, 0.1) is 12.7 Å². The standard InChI is InChI=1S/C13H11FN4O2S/c1-7-3-15-11-2-10(9(14)5-18(7)11)21-6-8-4-16-12(19)13(20)17-8/h2-5H,6H2,1H3,(H,16,19)(H,17,20). The maximum absolute atomic E-state index is 14.0. The minimum atomic E-state index is -0.715. The van der Waals surface area contributed by atoms with E-state index in [1.165, 1.54) is 24.2 Å². The number of nitrogens with one attached hydrogen (secondary N) is 2. The number of rotatable bonds is 3. The van der Waals surface area contributed by atoms with E-state index in [2.05, 4.69) is 15.0 Å². The molecule has 0 aromatic carbocycles. The molecule has 3 rings (SSSR count). The number of imidazole rings is 1. The Morgan fingerprint density at radius 3 is 2.95 bits per heavy atom. The van der Waals surface area contributed by atoms with Gasteiger partial charge in [0.25, 0.3) is 0 Å². The van der Waals surface area contributed by atoms with E-state index in [0.29, 0.717) is 22.0 Å². The second-order valence-corrected chi connectivity index (χ2v) is 5.52. The van der Waals surface area contributed by atoms with E-state index in [0.717, 1.165) is 5.69 Å². The number of aromatic amines is 2. The van der Waals surface area contributed by atoms with Gasteiger partial charge in [-0.2, -0.15) is 0 Å². The van der Waals surface area contributed by atoms with Crippen LogP contribution in [0.2, 0.25) is 0 Å². The Hall–Kier alpha value is -2.35. The fourth-order valence-corrected chi connectivity index (χ4v) is 2.75. The fourth-order valence-electron chi connectivity index (χ4n) is 1.90. The number of H-pyrrole nitrogens is 2. The molecule has 0 saturated heterocycles. The molecular weight excluding hydrogens is 295 g/mol. The zero-order chi connectivity index (χ0) is 15.0. The molecule has 0 aliphatic heterocycles. The Morgan fingerprint density at radius 1 is 1.38 bits per heavy atom. The van der Waals surface area contributed by atoms with Crippen molar-refractivity contribution >= 4 is 17.4 Å². The highest BCUT2D eigenvalue weighted by Gasteiger charge is 2.09. The zero-order valence-corrected chi connectivity index (χ0v) is 11.8. The SMILES string of the molecule is Cc1cnc2cc(SCc3c[nH]c(=O)c(=O)[nH]3)c(F)cn12. The Morgan fingerprint density at radius 2 is 2.19 bits per heavy atom. The first-order chi connectivity index (χ1) is 10.0. The van der Waals surface area contributed by atoms with Crippen molar-refractivity contribution in [1.82, 2.24) is 19.4 Å². The Balaban J connectivity index is 1.87. The summed E-state index contributed by atoms with van der Waals surface area (Å²) in [5, 5.41) is 0. The van der Waals surface area contributed by atoms with E-state index >= 15 is 0 Å². The maximum atomic E-state index is 14.0. The first kappa shape index (κ1) is 13.6. The van der Waals surface area contributed by atoms with Crippen molar-refractivity contribution in [3.63, 3.8) is 0 Å². The summed E-state index contributed by atoms with van der Waals surface area (Å²) >= 11 is 1.22. The summed E-state index contributed by atoms with van der Waals surface area (Å²) in [6, 6.07) is 1.65. The van der Waals surface area contributed by atoms with Gasteiger partial charge >= 0.3 is 11.1 Å². The van der Waals surface area contributed by atoms with Gasteiger partial charge in [0.2, 0.25) is 0 Å². The summed E-state index contributed by atoms with van der Waals surface area (Å²) in [6.07, 6.45) is 4.46. The van der Waals surface area contributed by atoms with E-state index in [1.54, 1.807) is 16.7 Å². The van der Waals surface area contributed by atoms with Gasteiger partial charge in [-0.15, -0.1) is 11.8 Å². The highest BCUT2D eigenvalue weighted by atomic mass is 32.2. The molecule has 8 heteroatoms. The summed E-state index contributed by atoms with van der Waals surface area (Å²) in [5.41, 5.74) is 0.609. The molecule has 0 aliphatic carbocycles. The van der Waals surface area contributed by atoms with Gasteiger partial charge in [0.05, 0.1) is 0 Å². The first-order valence-electron chi connectivity index (χ1n) is 6.11. The van der Waals surface area contributed by atoms with Crippen LogP contribution in [0.15, 0.2) is 39.1 Å². The molecule has 0 saturated carbocycles. The normalized spacial score (nSPS) is 11.1. The van der Waals surface area contributed by atoms with Gasteiger partial charge in [0, 0.05) is 40.6 Å². The molecule has 0 bridgehead atoms. The van der Waals surface area contributed by atoms with Crippen LogP contribution in [0.5, 0.6) is 0 Å². The molecule has 3 heterocycles. The lowest BCUT2D eigenvalue weighted by Crippen LogP contribution is -2.29. The molecule has 6 nitrogen and oxygen atoms in total. The van der Waals surface area contributed by atoms with Crippen LogP contribution in [-0.2, 0) is 5.75 Å². The molecule has 3 aromatic heterocycles. The Bertz CT molecular complexity index is 928. The average molecular weight is 306 g/mol. The minimum Gasteiger partial charge on any atom is -0.323 e. The summed E-state index contributed by atoms with van der Waals surface area (Å²) < 4.78 is 15.7. The lowest BCUT2D eigenvalue weighted by molar-refractivity contribution is 0.592. The van der Waals surface area contributed by atoms with E-state index in [4.69, 9.17) is 0 Å². The van der Waals surface area contributed by atoms with Gasteiger partial charge < -0.3 is 14.4 Å². The van der Waals surface area contributed by atoms with Gasteiger partial charge in [-0.1, -0.05) is 0 Å².